The van der Waals surface area contributed by atoms with E-state index in [1.165, 1.54) is 81.7 Å². The number of carbonyl (C=O) groups excluding carboxylic acids is 8. The number of nitrogens with zero attached hydrogens (tertiary/aromatic N) is 11. The number of alkyl halides is 15. The molecule has 11 aromatic rings. The predicted molar refractivity (Wildman–Crippen MR) is 487 cm³/mol. The standard InChI is InChI=1S/C42H40F6N8O6.C25H24ClF3N4O3.C17H17F3N4O3.C8H8Cl2.2CH4/c1-23(27-8-12-29(13-9-27)39(59)61-3)49-35(57)31-33(41(43,44)45)51-55-18-16-53(37(31)55)21-25-6-5-7-26(20-25)22-54-17-19-56-38(54)32(34(52-56)42(46,47)48)36(58)50-24(2)28-10-14-30(15-11-28)40(60)62-4;1-15(18-6-8-19(9-7-18)24(35)36-2)30-22(34)20-21(25(27,28)29)31-33-11-10-32(23(20)33)14-17-5-3-4-16(12-17)13-26;1-9(10-3-5-11(6-4-10)16(26)27-2)22-15(25)12-13(17(18,19)20)23-24-8-7-21-14(12)24;9-5-7-2-1-3-8(4-7)6-10;;/h5-15,20,23-24H,16-19,21-22H2,1-4H3,(H,49,57)(H,50,58);3-9,12,15H,10-11,13-14H2,1-2H3,(H,30,34);3-6,9,21H,7-8H2,1-2H3,(H,22,25);1-4H,5-6H2;2*1H4/t23-,24-;15-;9-;;;/m000.../s1. The molecule has 0 radical (unpaired) electrons. The summed E-state index contributed by atoms with van der Waals surface area (Å²) in [6.45, 7) is 8.79. The maximum Gasteiger partial charge on any atom is 0.436 e. The molecular weight excluding hydrogens is 1880 g/mol. The van der Waals surface area contributed by atoms with E-state index in [1.54, 1.807) is 115 Å². The molecule has 28 nitrogen and oxygen atoms in total. The van der Waals surface area contributed by atoms with Crippen LogP contribution in [0.15, 0.2) is 170 Å². The van der Waals surface area contributed by atoms with Gasteiger partial charge in [-0.25, -0.2) is 37.9 Å². The Kier molecular flexibility index (Phi) is 34.6. The Labute approximate surface area is 794 Å². The molecule has 4 aliphatic rings. The van der Waals surface area contributed by atoms with E-state index in [0.717, 1.165) is 36.3 Å². The second-order valence-corrected chi connectivity index (χ2v) is 32.2. The molecule has 4 amide bonds. The van der Waals surface area contributed by atoms with Crippen LogP contribution in [0.1, 0.15) is 228 Å². The number of benzene rings is 7. The van der Waals surface area contributed by atoms with Gasteiger partial charge in [0.2, 0.25) is 0 Å². The van der Waals surface area contributed by atoms with Gasteiger partial charge in [-0.15, -0.1) is 34.8 Å². The van der Waals surface area contributed by atoms with E-state index < -0.39 is 141 Å². The Morgan fingerprint density at radius 3 is 0.810 bits per heavy atom. The zero-order valence-electron chi connectivity index (χ0n) is 73.4. The summed E-state index contributed by atoms with van der Waals surface area (Å²) in [5.74, 6) is -4.35. The van der Waals surface area contributed by atoms with Gasteiger partial charge in [0.05, 0.1) is 101 Å². The highest BCUT2D eigenvalue weighted by molar-refractivity contribution is 6.18. The third kappa shape index (κ3) is 24.8. The number of hydrogen-bond acceptors (Lipinski definition) is 20. The first kappa shape index (κ1) is 105. The summed E-state index contributed by atoms with van der Waals surface area (Å²) in [5, 5.41) is 28.1. The molecule has 43 heteroatoms. The summed E-state index contributed by atoms with van der Waals surface area (Å²) in [5.41, 5.74) is 1.29. The summed E-state index contributed by atoms with van der Waals surface area (Å²) in [6.07, 6.45) is -19.5. The molecule has 5 N–H and O–H groups in total. The highest BCUT2D eigenvalue weighted by Gasteiger charge is 2.49. The van der Waals surface area contributed by atoms with Crippen LogP contribution in [0.5, 0.6) is 0 Å². The number of methoxy groups -OCH3 is 4. The number of fused-ring (bicyclic) bond motifs is 4. The first-order valence-electron chi connectivity index (χ1n) is 41.7. The smallest absolute Gasteiger partial charge is 0.436 e. The Hall–Kier alpha value is -13.6. The van der Waals surface area contributed by atoms with E-state index >= 15 is 0 Å². The van der Waals surface area contributed by atoms with Crippen molar-refractivity contribution in [3.63, 3.8) is 0 Å². The SMILES string of the molecule is C.C.COC(=O)c1ccc([C@H](C)NC(=O)c2c(C(F)(F)F)nn3c2N(Cc2cccc(CCl)c2)CC3)cc1.COC(=O)c1ccc([C@H](C)NC(=O)c2c(C(F)(F)F)nn3c2N(Cc2cccc(CN4CCn5nc(C(F)(F)F)c(C(=O)N[C@@H](C)c6ccc(C(=O)OC)cc6)c54)c2)CC3)cc1.COC(=O)c1ccc([C@H](C)NC(=O)c2c(C(F)(F)F)nn3c2NCC3)cc1.ClCc1cccc(CCl)c1. The number of esters is 4. The monoisotopic (exact) mass is 1970 g/mol. The van der Waals surface area contributed by atoms with Gasteiger partial charge >= 0.3 is 48.6 Å². The van der Waals surface area contributed by atoms with Crippen LogP contribution in [0.3, 0.4) is 0 Å². The van der Waals surface area contributed by atoms with Gasteiger partial charge in [0.15, 0.2) is 22.8 Å². The van der Waals surface area contributed by atoms with Crippen molar-refractivity contribution in [1.82, 2.24) is 60.4 Å². The number of carbonyl (C=O) groups is 8. The van der Waals surface area contributed by atoms with Crippen LogP contribution in [0.4, 0.5) is 76.0 Å². The number of rotatable bonds is 25. The average molecular weight is 1980 g/mol. The molecular formula is C94H97Cl3F12N16O12. The van der Waals surface area contributed by atoms with Crippen molar-refractivity contribution in [1.29, 1.82) is 0 Å². The summed E-state index contributed by atoms with van der Waals surface area (Å²) >= 11 is 17.1. The molecule has 15 rings (SSSR count). The molecule has 0 spiro atoms. The maximum atomic E-state index is 14.4. The van der Waals surface area contributed by atoms with Crippen LogP contribution in [-0.2, 0) is 107 Å². The fourth-order valence-electron chi connectivity index (χ4n) is 15.5. The van der Waals surface area contributed by atoms with Crippen molar-refractivity contribution in [2.24, 2.45) is 0 Å². The number of aromatic nitrogens is 8. The minimum Gasteiger partial charge on any atom is -0.465 e. The fraction of sp³-hybridized carbons (Fsp3) is 0.340. The minimum atomic E-state index is -4.96. The number of ether oxygens (including phenoxy) is 4. The first-order valence-corrected chi connectivity index (χ1v) is 43.3. The number of amides is 4. The highest BCUT2D eigenvalue weighted by atomic mass is 35.5. The lowest BCUT2D eigenvalue weighted by molar-refractivity contribution is -0.142. The Balaban J connectivity index is 0.000000217. The molecule has 0 saturated carbocycles. The van der Waals surface area contributed by atoms with Crippen LogP contribution in [-0.4, -0.2) is 141 Å². The van der Waals surface area contributed by atoms with Gasteiger partial charge in [-0.1, -0.05) is 136 Å². The van der Waals surface area contributed by atoms with Gasteiger partial charge in [0, 0.05) is 63.5 Å². The summed E-state index contributed by atoms with van der Waals surface area (Å²) in [7, 11) is 4.98. The number of anilines is 4. The summed E-state index contributed by atoms with van der Waals surface area (Å²) < 4.78 is 191. The molecule has 8 heterocycles. The number of hydrogen-bond donors (Lipinski definition) is 5. The van der Waals surface area contributed by atoms with Crippen molar-refractivity contribution in [2.75, 3.05) is 74.6 Å². The molecule has 4 aromatic heterocycles. The molecule has 0 bridgehead atoms. The number of nitrogens with one attached hydrogen (secondary N) is 5. The highest BCUT2D eigenvalue weighted by Crippen LogP contribution is 2.44. The van der Waals surface area contributed by atoms with E-state index in [1.807, 2.05) is 48.5 Å². The quantitative estimate of drug-likeness (QED) is 0.0154. The van der Waals surface area contributed by atoms with Gasteiger partial charge < -0.3 is 60.2 Å². The largest absolute Gasteiger partial charge is 0.465 e. The van der Waals surface area contributed by atoms with Crippen LogP contribution < -0.4 is 41.3 Å². The molecule has 0 fully saturated rings. The topological polar surface area (TPSA) is 315 Å². The summed E-state index contributed by atoms with van der Waals surface area (Å²) in [4.78, 5) is 105. The van der Waals surface area contributed by atoms with Crippen LogP contribution in [0.25, 0.3) is 0 Å². The van der Waals surface area contributed by atoms with Gasteiger partial charge in [-0.3, -0.25) is 19.2 Å². The summed E-state index contributed by atoms with van der Waals surface area (Å²) in [6, 6.07) is 44.3. The third-order valence-corrected chi connectivity index (χ3v) is 23.2. The molecule has 0 saturated heterocycles. The lowest BCUT2D eigenvalue weighted by Gasteiger charge is -2.23. The second-order valence-electron chi connectivity index (χ2n) is 31.4. The lowest BCUT2D eigenvalue weighted by Crippen LogP contribution is -2.31. The Morgan fingerprint density at radius 1 is 0.336 bits per heavy atom. The van der Waals surface area contributed by atoms with Crippen molar-refractivity contribution < 1.29 is 110 Å². The Bertz CT molecular complexity index is 5980. The fourth-order valence-corrected chi connectivity index (χ4v) is 16.0. The van der Waals surface area contributed by atoms with Crippen molar-refractivity contribution in [2.45, 2.75) is 155 Å². The molecule has 7 aromatic carbocycles. The van der Waals surface area contributed by atoms with E-state index in [0.29, 0.717) is 81.8 Å². The molecule has 4 atom stereocenters. The zero-order chi connectivity index (χ0) is 97.9. The number of halogens is 15. The molecule has 4 aliphatic heterocycles. The van der Waals surface area contributed by atoms with E-state index in [4.69, 9.17) is 44.3 Å². The van der Waals surface area contributed by atoms with Crippen LogP contribution in [0, 0.1) is 0 Å². The van der Waals surface area contributed by atoms with Gasteiger partial charge in [0.1, 0.15) is 45.5 Å². The van der Waals surface area contributed by atoms with Crippen molar-refractivity contribution in [3.8, 4) is 0 Å². The van der Waals surface area contributed by atoms with Gasteiger partial charge in [-0.2, -0.15) is 73.1 Å². The van der Waals surface area contributed by atoms with Crippen molar-refractivity contribution >= 4 is 106 Å². The minimum absolute atomic E-state index is 0. The normalized spacial score (nSPS) is 13.8. The molecule has 730 valence electrons. The zero-order valence-corrected chi connectivity index (χ0v) is 75.6. The molecule has 0 aliphatic carbocycles. The van der Waals surface area contributed by atoms with Crippen LogP contribution >= 0.6 is 34.8 Å². The lowest BCUT2D eigenvalue weighted by atomic mass is 10.0. The van der Waals surface area contributed by atoms with E-state index in [2.05, 4.69) is 56.5 Å². The predicted octanol–water partition coefficient (Wildman–Crippen LogP) is 18.7. The van der Waals surface area contributed by atoms with Gasteiger partial charge in [0.25, 0.3) is 23.6 Å². The Morgan fingerprint density at radius 2 is 0.562 bits per heavy atom. The average Bonchev–Trinajstić information content (AvgIpc) is 1.60. The van der Waals surface area contributed by atoms with E-state index in [-0.39, 0.29) is 102 Å². The first-order chi connectivity index (χ1) is 64.1. The van der Waals surface area contributed by atoms with Gasteiger partial charge in [-0.05, 0) is 132 Å². The van der Waals surface area contributed by atoms with E-state index in [9.17, 15) is 91.0 Å². The maximum absolute atomic E-state index is 14.4. The second kappa shape index (κ2) is 44.9. The third-order valence-electron chi connectivity index (χ3n) is 22.2. The van der Waals surface area contributed by atoms with Crippen molar-refractivity contribution in [3.05, 3.63) is 293 Å². The molecule has 137 heavy (non-hydrogen) atoms. The molecule has 0 unspecified atom stereocenters. The van der Waals surface area contributed by atoms with Crippen LogP contribution in [0.2, 0.25) is 0 Å².